The highest BCUT2D eigenvalue weighted by molar-refractivity contribution is 6.36. The monoisotopic (exact) mass is 403 g/mol. The maximum atomic E-state index is 12.6. The number of fused-ring (bicyclic) bond motifs is 1. The molecule has 2 aromatic carbocycles. The molecule has 27 heavy (non-hydrogen) atoms. The number of rotatable bonds is 2. The van der Waals surface area contributed by atoms with Crippen LogP contribution in [-0.4, -0.2) is 24.0 Å². The Balaban J connectivity index is 1.87. The van der Waals surface area contributed by atoms with E-state index in [1.54, 1.807) is 13.0 Å². The van der Waals surface area contributed by atoms with E-state index in [0.717, 1.165) is 23.2 Å². The van der Waals surface area contributed by atoms with Gasteiger partial charge in [-0.15, -0.1) is 0 Å². The third kappa shape index (κ3) is 3.05. The molecule has 0 bridgehead atoms. The molecule has 2 heterocycles. The van der Waals surface area contributed by atoms with E-state index in [-0.39, 0.29) is 17.9 Å². The number of imide groups is 1. The maximum Gasteiger partial charge on any atom is 0.329 e. The third-order valence-corrected chi connectivity index (χ3v) is 5.64. The first-order chi connectivity index (χ1) is 12.9. The summed E-state index contributed by atoms with van der Waals surface area (Å²) < 4.78 is 0. The number of benzene rings is 2. The number of carbonyl (C=O) groups excluding carboxylic acids is 2. The fourth-order valence-electron chi connectivity index (χ4n) is 3.92. The zero-order valence-electron chi connectivity index (χ0n) is 14.9. The normalized spacial score (nSPS) is 24.4. The van der Waals surface area contributed by atoms with Gasteiger partial charge in [-0.05, 0) is 49.6 Å². The number of halogens is 2. The van der Waals surface area contributed by atoms with Crippen molar-refractivity contribution in [2.24, 2.45) is 0 Å². The highest BCUT2D eigenvalue weighted by Gasteiger charge is 2.39. The van der Waals surface area contributed by atoms with E-state index in [0.29, 0.717) is 15.7 Å². The van der Waals surface area contributed by atoms with Gasteiger partial charge in [0.15, 0.2) is 0 Å². The lowest BCUT2D eigenvalue weighted by Crippen LogP contribution is -2.33. The number of nitrogens with one attached hydrogen (secondary N) is 2. The van der Waals surface area contributed by atoms with Crippen LogP contribution in [0.5, 0.6) is 0 Å². The van der Waals surface area contributed by atoms with Gasteiger partial charge in [-0.1, -0.05) is 41.4 Å². The molecule has 2 aliphatic heterocycles. The molecule has 1 saturated heterocycles. The van der Waals surface area contributed by atoms with E-state index >= 15 is 0 Å². The summed E-state index contributed by atoms with van der Waals surface area (Å²) in [6.45, 7) is 3.77. The minimum atomic E-state index is -0.534. The Morgan fingerprint density at radius 1 is 1.04 bits per heavy atom. The van der Waals surface area contributed by atoms with Crippen LogP contribution >= 0.6 is 23.2 Å². The molecule has 7 heteroatoms. The summed E-state index contributed by atoms with van der Waals surface area (Å²) in [5, 5.41) is 7.21. The molecule has 4 rings (SSSR count). The molecule has 2 aromatic rings. The van der Waals surface area contributed by atoms with Crippen molar-refractivity contribution in [3.05, 3.63) is 57.6 Å². The molecule has 3 amide bonds. The van der Waals surface area contributed by atoms with Crippen molar-refractivity contribution in [3.8, 4) is 0 Å². The minimum Gasteiger partial charge on any atom is -0.381 e. The van der Waals surface area contributed by atoms with Crippen LogP contribution in [0.4, 0.5) is 16.2 Å². The molecule has 140 valence electrons. The molecule has 5 nitrogen and oxygen atoms in total. The van der Waals surface area contributed by atoms with Crippen molar-refractivity contribution in [3.63, 3.8) is 0 Å². The molecule has 3 atom stereocenters. The van der Waals surface area contributed by atoms with Crippen molar-refractivity contribution in [1.82, 2.24) is 5.32 Å². The van der Waals surface area contributed by atoms with Gasteiger partial charge in [-0.3, -0.25) is 4.79 Å². The molecular formula is C20H19Cl2N3O2. The maximum absolute atomic E-state index is 12.6. The van der Waals surface area contributed by atoms with E-state index in [2.05, 4.69) is 17.6 Å². The summed E-state index contributed by atoms with van der Waals surface area (Å²) in [5.74, 6) is -0.293. The van der Waals surface area contributed by atoms with Crippen LogP contribution in [0.2, 0.25) is 10.0 Å². The minimum absolute atomic E-state index is 0.0415. The molecular weight excluding hydrogens is 385 g/mol. The van der Waals surface area contributed by atoms with Gasteiger partial charge in [0.25, 0.3) is 5.91 Å². The lowest BCUT2D eigenvalue weighted by Gasteiger charge is -2.34. The predicted octanol–water partition coefficient (Wildman–Crippen LogP) is 4.77. The summed E-state index contributed by atoms with van der Waals surface area (Å²) in [5.41, 5.74) is 3.33. The highest BCUT2D eigenvalue weighted by atomic mass is 35.5. The number of para-hydroxylation sites is 1. The smallest absolute Gasteiger partial charge is 0.329 e. The lowest BCUT2D eigenvalue weighted by atomic mass is 9.81. The molecule has 2 N–H and O–H groups in total. The number of carbonyl (C=O) groups is 2. The largest absolute Gasteiger partial charge is 0.381 e. The summed E-state index contributed by atoms with van der Waals surface area (Å²) in [7, 11) is 0. The number of anilines is 2. The fraction of sp³-hybridized carbons (Fsp3) is 0.300. The van der Waals surface area contributed by atoms with E-state index in [1.165, 1.54) is 4.90 Å². The highest BCUT2D eigenvalue weighted by Crippen LogP contribution is 2.46. The van der Waals surface area contributed by atoms with Crippen LogP contribution in [-0.2, 0) is 4.79 Å². The number of hydrogen-bond donors (Lipinski definition) is 2. The molecule has 1 unspecified atom stereocenters. The van der Waals surface area contributed by atoms with Gasteiger partial charge in [-0.2, -0.15) is 0 Å². The topological polar surface area (TPSA) is 61.4 Å². The zero-order chi connectivity index (χ0) is 19.3. The van der Waals surface area contributed by atoms with Gasteiger partial charge >= 0.3 is 6.03 Å². The Labute approximate surface area is 167 Å². The number of amides is 3. The SMILES string of the molecule is CC1NC(=O)N(c2ccccc2[C@@H]2C[C@@H](C)Nc3c(Cl)cc(Cl)cc32)C1=O. The summed E-state index contributed by atoms with van der Waals surface area (Å²) in [6, 6.07) is 10.4. The Bertz CT molecular complexity index is 947. The number of urea groups is 1. The van der Waals surface area contributed by atoms with Gasteiger partial charge in [-0.25, -0.2) is 9.69 Å². The van der Waals surface area contributed by atoms with Crippen LogP contribution in [0.3, 0.4) is 0 Å². The quantitative estimate of drug-likeness (QED) is 0.709. The number of hydrogen-bond acceptors (Lipinski definition) is 3. The zero-order valence-corrected chi connectivity index (χ0v) is 16.4. The molecule has 1 fully saturated rings. The Kier molecular flexibility index (Phi) is 4.52. The summed E-state index contributed by atoms with van der Waals surface area (Å²) in [4.78, 5) is 26.2. The van der Waals surface area contributed by atoms with E-state index in [4.69, 9.17) is 23.2 Å². The third-order valence-electron chi connectivity index (χ3n) is 5.13. The molecule has 0 spiro atoms. The average Bonchev–Trinajstić information content (AvgIpc) is 2.87. The van der Waals surface area contributed by atoms with Crippen LogP contribution < -0.4 is 15.5 Å². The molecule has 0 saturated carbocycles. The first-order valence-corrected chi connectivity index (χ1v) is 9.61. The van der Waals surface area contributed by atoms with Crippen molar-refractivity contribution in [1.29, 1.82) is 0 Å². The molecule has 0 radical (unpaired) electrons. The summed E-state index contributed by atoms with van der Waals surface area (Å²) in [6.07, 6.45) is 0.792. The molecule has 2 aliphatic rings. The predicted molar refractivity (Wildman–Crippen MR) is 108 cm³/mol. The van der Waals surface area contributed by atoms with Crippen LogP contribution in [0.15, 0.2) is 36.4 Å². The Hall–Kier alpha value is -2.24. The Morgan fingerprint density at radius 3 is 2.48 bits per heavy atom. The van der Waals surface area contributed by atoms with E-state index in [9.17, 15) is 9.59 Å². The van der Waals surface area contributed by atoms with E-state index in [1.807, 2.05) is 30.3 Å². The molecule has 0 aromatic heterocycles. The second-order valence-electron chi connectivity index (χ2n) is 7.09. The van der Waals surface area contributed by atoms with Crippen molar-refractivity contribution < 1.29 is 9.59 Å². The summed E-state index contributed by atoms with van der Waals surface area (Å²) >= 11 is 12.7. The fourth-order valence-corrected chi connectivity index (χ4v) is 4.48. The first kappa shape index (κ1) is 18.1. The number of nitrogens with zero attached hydrogens (tertiary/aromatic N) is 1. The van der Waals surface area contributed by atoms with Crippen LogP contribution in [0.1, 0.15) is 37.3 Å². The second-order valence-corrected chi connectivity index (χ2v) is 7.93. The van der Waals surface area contributed by atoms with Crippen LogP contribution in [0.25, 0.3) is 0 Å². The van der Waals surface area contributed by atoms with Gasteiger partial charge < -0.3 is 10.6 Å². The lowest BCUT2D eigenvalue weighted by molar-refractivity contribution is -0.117. The van der Waals surface area contributed by atoms with Gasteiger partial charge in [0, 0.05) is 17.0 Å². The van der Waals surface area contributed by atoms with Crippen molar-refractivity contribution in [2.45, 2.75) is 38.3 Å². The standard InChI is InChI=1S/C20H19Cl2N3O2/c1-10-7-14(15-8-12(21)9-16(22)18(15)23-10)13-5-3-4-6-17(13)25-19(26)11(2)24-20(25)27/h3-6,8-11,14,23H,7H2,1-2H3,(H,24,27)/t10-,11?,14+/m1/s1. The first-order valence-electron chi connectivity index (χ1n) is 8.85. The van der Waals surface area contributed by atoms with Gasteiger partial charge in [0.05, 0.1) is 16.4 Å². The second kappa shape index (κ2) is 6.73. The average molecular weight is 404 g/mol. The van der Waals surface area contributed by atoms with Gasteiger partial charge in [0.1, 0.15) is 6.04 Å². The van der Waals surface area contributed by atoms with Crippen molar-refractivity contribution in [2.75, 3.05) is 10.2 Å². The van der Waals surface area contributed by atoms with E-state index < -0.39 is 12.1 Å². The van der Waals surface area contributed by atoms with Crippen LogP contribution in [0, 0.1) is 0 Å². The molecule has 0 aliphatic carbocycles. The van der Waals surface area contributed by atoms with Crippen molar-refractivity contribution >= 4 is 46.5 Å². The van der Waals surface area contributed by atoms with Gasteiger partial charge in [0.2, 0.25) is 0 Å². The Morgan fingerprint density at radius 2 is 1.78 bits per heavy atom.